The van der Waals surface area contributed by atoms with Crippen molar-refractivity contribution in [3.05, 3.63) is 29.3 Å². The summed E-state index contributed by atoms with van der Waals surface area (Å²) in [4.78, 5) is 13.7. The molecule has 1 saturated heterocycles. The quantitative estimate of drug-likeness (QED) is 0.899. The molecule has 3 heteroatoms. The first-order valence-corrected chi connectivity index (χ1v) is 7.60. The van der Waals surface area contributed by atoms with E-state index < -0.39 is 5.97 Å². The third-order valence-electron chi connectivity index (χ3n) is 5.05. The number of aryl methyl sites for hydroxylation is 1. The number of nitrogens with zero attached hydrogens (tertiary/aromatic N) is 1. The van der Waals surface area contributed by atoms with Gasteiger partial charge in [0.05, 0.1) is 11.3 Å². The molecule has 1 N–H and O–H groups in total. The highest BCUT2D eigenvalue weighted by molar-refractivity contribution is 5.94. The standard InChI is InChI=1S/C17H25NO2/c1-4-17(5-2)8-10-18(11-9-17)15-7-6-13(3)12-14(15)16(19)20/h6-7,12H,4-5,8-11H2,1-3H3,(H,19,20). The van der Waals surface area contributed by atoms with Crippen molar-refractivity contribution in [2.45, 2.75) is 46.5 Å². The fraction of sp³-hybridized carbons (Fsp3) is 0.588. The van der Waals surface area contributed by atoms with Gasteiger partial charge in [-0.25, -0.2) is 4.79 Å². The Bertz CT molecular complexity index is 482. The Morgan fingerprint density at radius 1 is 1.25 bits per heavy atom. The molecular formula is C17H25NO2. The van der Waals surface area contributed by atoms with E-state index in [-0.39, 0.29) is 0 Å². The number of carboxylic acids is 1. The van der Waals surface area contributed by atoms with Crippen LogP contribution >= 0.6 is 0 Å². The lowest BCUT2D eigenvalue weighted by Gasteiger charge is -2.42. The maximum absolute atomic E-state index is 11.4. The molecule has 0 saturated carbocycles. The number of hydrogen-bond acceptors (Lipinski definition) is 2. The molecule has 0 unspecified atom stereocenters. The molecule has 0 aromatic heterocycles. The molecule has 1 aromatic rings. The lowest BCUT2D eigenvalue weighted by molar-refractivity contribution is 0.0697. The van der Waals surface area contributed by atoms with Gasteiger partial charge in [-0.2, -0.15) is 0 Å². The van der Waals surface area contributed by atoms with E-state index in [1.807, 2.05) is 19.1 Å². The zero-order chi connectivity index (χ0) is 14.8. The molecule has 110 valence electrons. The second kappa shape index (κ2) is 5.86. The SMILES string of the molecule is CCC1(CC)CCN(c2ccc(C)cc2C(=O)O)CC1. The lowest BCUT2D eigenvalue weighted by atomic mass is 9.74. The lowest BCUT2D eigenvalue weighted by Crippen LogP contribution is -2.40. The number of carbonyl (C=O) groups is 1. The highest BCUT2D eigenvalue weighted by Gasteiger charge is 2.32. The highest BCUT2D eigenvalue weighted by atomic mass is 16.4. The Hall–Kier alpha value is -1.51. The van der Waals surface area contributed by atoms with Crippen molar-refractivity contribution in [3.63, 3.8) is 0 Å². The number of aromatic carboxylic acids is 1. The number of piperidine rings is 1. The summed E-state index contributed by atoms with van der Waals surface area (Å²) in [7, 11) is 0. The molecule has 0 aliphatic carbocycles. The van der Waals surface area contributed by atoms with E-state index in [1.165, 1.54) is 12.8 Å². The summed E-state index contributed by atoms with van der Waals surface area (Å²) in [6, 6.07) is 5.74. The van der Waals surface area contributed by atoms with Crippen molar-refractivity contribution in [2.75, 3.05) is 18.0 Å². The van der Waals surface area contributed by atoms with E-state index in [0.29, 0.717) is 11.0 Å². The summed E-state index contributed by atoms with van der Waals surface area (Å²) in [6.45, 7) is 8.41. The summed E-state index contributed by atoms with van der Waals surface area (Å²) >= 11 is 0. The Morgan fingerprint density at radius 3 is 2.35 bits per heavy atom. The maximum Gasteiger partial charge on any atom is 0.337 e. The van der Waals surface area contributed by atoms with Crippen LogP contribution in [0.3, 0.4) is 0 Å². The third kappa shape index (κ3) is 2.82. The molecule has 1 heterocycles. The van der Waals surface area contributed by atoms with Crippen LogP contribution in [0.25, 0.3) is 0 Å². The largest absolute Gasteiger partial charge is 0.478 e. The van der Waals surface area contributed by atoms with Crippen LogP contribution in [0.15, 0.2) is 18.2 Å². The molecular weight excluding hydrogens is 250 g/mol. The van der Waals surface area contributed by atoms with E-state index >= 15 is 0 Å². The maximum atomic E-state index is 11.4. The molecule has 3 nitrogen and oxygen atoms in total. The van der Waals surface area contributed by atoms with Crippen LogP contribution in [0.1, 0.15) is 55.5 Å². The smallest absolute Gasteiger partial charge is 0.337 e. The summed E-state index contributed by atoms with van der Waals surface area (Å²) < 4.78 is 0. The first-order valence-electron chi connectivity index (χ1n) is 7.60. The predicted octanol–water partition coefficient (Wildman–Crippen LogP) is 4.10. The van der Waals surface area contributed by atoms with Gasteiger partial charge >= 0.3 is 5.97 Å². The monoisotopic (exact) mass is 275 g/mol. The minimum Gasteiger partial charge on any atom is -0.478 e. The summed E-state index contributed by atoms with van der Waals surface area (Å²) in [5, 5.41) is 9.39. The average molecular weight is 275 g/mol. The zero-order valence-electron chi connectivity index (χ0n) is 12.8. The Labute approximate surface area is 121 Å². The number of carboxylic acid groups (broad SMARTS) is 1. The fourth-order valence-electron chi connectivity index (χ4n) is 3.28. The minimum absolute atomic E-state index is 0.436. The van der Waals surface area contributed by atoms with Crippen molar-refractivity contribution >= 4 is 11.7 Å². The van der Waals surface area contributed by atoms with Crippen molar-refractivity contribution in [1.29, 1.82) is 0 Å². The van der Waals surface area contributed by atoms with Gasteiger partial charge in [0.25, 0.3) is 0 Å². The number of hydrogen-bond donors (Lipinski definition) is 1. The van der Waals surface area contributed by atoms with Gasteiger partial charge in [-0.1, -0.05) is 38.3 Å². The van der Waals surface area contributed by atoms with Gasteiger partial charge in [-0.05, 0) is 37.3 Å². The van der Waals surface area contributed by atoms with E-state index in [4.69, 9.17) is 0 Å². The van der Waals surface area contributed by atoms with Crippen LogP contribution in [-0.2, 0) is 0 Å². The molecule has 0 radical (unpaired) electrons. The normalized spacial score (nSPS) is 18.1. The third-order valence-corrected chi connectivity index (χ3v) is 5.05. The predicted molar refractivity (Wildman–Crippen MR) is 82.6 cm³/mol. The fourth-order valence-corrected chi connectivity index (χ4v) is 3.28. The van der Waals surface area contributed by atoms with E-state index in [9.17, 15) is 9.90 Å². The Balaban J connectivity index is 2.21. The topological polar surface area (TPSA) is 40.5 Å². The van der Waals surface area contributed by atoms with E-state index in [1.54, 1.807) is 6.07 Å². The van der Waals surface area contributed by atoms with Gasteiger partial charge in [0.2, 0.25) is 0 Å². The van der Waals surface area contributed by atoms with E-state index in [0.717, 1.165) is 37.2 Å². The average Bonchev–Trinajstić information content (AvgIpc) is 2.47. The molecule has 1 aliphatic heterocycles. The minimum atomic E-state index is -0.827. The number of rotatable bonds is 4. The number of benzene rings is 1. The second-order valence-electron chi connectivity index (χ2n) is 6.02. The second-order valence-corrected chi connectivity index (χ2v) is 6.02. The molecule has 0 bridgehead atoms. The molecule has 20 heavy (non-hydrogen) atoms. The van der Waals surface area contributed by atoms with Crippen molar-refractivity contribution in [1.82, 2.24) is 0 Å². The van der Waals surface area contributed by atoms with Crippen LogP contribution in [0.2, 0.25) is 0 Å². The van der Waals surface area contributed by atoms with E-state index in [2.05, 4.69) is 18.7 Å². The van der Waals surface area contributed by atoms with Gasteiger partial charge in [-0.3, -0.25) is 0 Å². The molecule has 0 atom stereocenters. The first-order chi connectivity index (χ1) is 9.51. The van der Waals surface area contributed by atoms with Gasteiger partial charge in [0.15, 0.2) is 0 Å². The van der Waals surface area contributed by atoms with Crippen molar-refractivity contribution in [2.24, 2.45) is 5.41 Å². The van der Waals surface area contributed by atoms with Crippen LogP contribution in [0.4, 0.5) is 5.69 Å². The van der Waals surface area contributed by atoms with Gasteiger partial charge in [-0.15, -0.1) is 0 Å². The summed E-state index contributed by atoms with van der Waals surface area (Å²) in [5.41, 5.74) is 2.78. The van der Waals surface area contributed by atoms with Crippen molar-refractivity contribution < 1.29 is 9.90 Å². The van der Waals surface area contributed by atoms with Gasteiger partial charge < -0.3 is 10.0 Å². The zero-order valence-corrected chi connectivity index (χ0v) is 12.8. The molecule has 0 spiro atoms. The van der Waals surface area contributed by atoms with Gasteiger partial charge in [0, 0.05) is 13.1 Å². The number of anilines is 1. The molecule has 1 aromatic carbocycles. The van der Waals surface area contributed by atoms with Crippen LogP contribution < -0.4 is 4.90 Å². The molecule has 1 fully saturated rings. The summed E-state index contributed by atoms with van der Waals surface area (Å²) in [5.74, 6) is -0.827. The van der Waals surface area contributed by atoms with Crippen LogP contribution in [0, 0.1) is 12.3 Å². The molecule has 2 rings (SSSR count). The van der Waals surface area contributed by atoms with Gasteiger partial charge in [0.1, 0.15) is 0 Å². The first kappa shape index (κ1) is 14.9. The van der Waals surface area contributed by atoms with Crippen LogP contribution in [0.5, 0.6) is 0 Å². The molecule has 0 amide bonds. The van der Waals surface area contributed by atoms with Crippen LogP contribution in [-0.4, -0.2) is 24.2 Å². The highest BCUT2D eigenvalue weighted by Crippen LogP contribution is 2.39. The Kier molecular flexibility index (Phi) is 4.36. The van der Waals surface area contributed by atoms with Crippen molar-refractivity contribution in [3.8, 4) is 0 Å². The molecule has 1 aliphatic rings. The Morgan fingerprint density at radius 2 is 1.85 bits per heavy atom. The summed E-state index contributed by atoms with van der Waals surface area (Å²) in [6.07, 6.45) is 4.76.